The van der Waals surface area contributed by atoms with Gasteiger partial charge in [-0.3, -0.25) is 9.59 Å². The number of fused-ring (bicyclic) bond motifs is 7. The highest BCUT2D eigenvalue weighted by Crippen LogP contribution is 2.73. The Labute approximate surface area is 234 Å². The van der Waals surface area contributed by atoms with Gasteiger partial charge in [0.1, 0.15) is 12.4 Å². The minimum atomic E-state index is -0.430. The Bertz CT molecular complexity index is 1080. The molecular weight excluding hydrogens is 498 g/mol. The number of carbonyl (C=O) groups is 3. The monoisotopic (exact) mass is 545 g/mol. The zero-order valence-corrected chi connectivity index (χ0v) is 25.4. The lowest BCUT2D eigenvalue weighted by Gasteiger charge is -2.69. The molecule has 7 atom stereocenters. The minimum Gasteiger partial charge on any atom is -0.448 e. The molecular formula is C32H48ClNO4. The van der Waals surface area contributed by atoms with Gasteiger partial charge in [0.05, 0.1) is 5.88 Å². The second-order valence-corrected chi connectivity index (χ2v) is 15.8. The number of nitrogens with one attached hydrogen (secondary N) is 1. The van der Waals surface area contributed by atoms with Gasteiger partial charge in [-0.25, -0.2) is 4.79 Å². The van der Waals surface area contributed by atoms with E-state index in [2.05, 4.69) is 53.8 Å². The molecule has 2 unspecified atom stereocenters. The van der Waals surface area contributed by atoms with Crippen molar-refractivity contribution in [2.24, 2.45) is 44.8 Å². The fourth-order valence-corrected chi connectivity index (χ4v) is 10.5. The Hall–Kier alpha value is -1.36. The number of ether oxygens (including phenoxy) is 1. The summed E-state index contributed by atoms with van der Waals surface area (Å²) in [4.78, 5) is 40.3. The van der Waals surface area contributed by atoms with E-state index in [1.54, 1.807) is 0 Å². The van der Waals surface area contributed by atoms with E-state index in [-0.39, 0.29) is 63.1 Å². The van der Waals surface area contributed by atoms with E-state index in [0.717, 1.165) is 51.4 Å². The summed E-state index contributed by atoms with van der Waals surface area (Å²) in [5.41, 5.74) is 0.174. The van der Waals surface area contributed by atoms with Crippen molar-refractivity contribution < 1.29 is 19.1 Å². The van der Waals surface area contributed by atoms with Crippen LogP contribution in [0.15, 0.2) is 11.6 Å². The highest BCUT2D eigenvalue weighted by atomic mass is 35.5. The second-order valence-electron chi connectivity index (χ2n) is 15.4. The molecule has 38 heavy (non-hydrogen) atoms. The summed E-state index contributed by atoms with van der Waals surface area (Å²) >= 11 is 5.78. The third kappa shape index (κ3) is 3.79. The molecule has 0 aliphatic heterocycles. The molecule has 0 spiro atoms. The predicted molar refractivity (Wildman–Crippen MR) is 150 cm³/mol. The van der Waals surface area contributed by atoms with Gasteiger partial charge in [-0.15, -0.1) is 11.6 Å². The highest BCUT2D eigenvalue weighted by Gasteiger charge is 2.70. The molecule has 0 heterocycles. The van der Waals surface area contributed by atoms with Crippen LogP contribution in [-0.2, 0) is 14.3 Å². The molecule has 5 rings (SSSR count). The standard InChI is InChI=1S/C32H48ClNO4/c1-27(2)12-14-32(34-26(37)38-17-16-33)15-13-31(7)25(20(32)19-27)21(35)18-23-29(5)10-9-24(36)28(3,4)22(29)8-11-30(23,31)6/h18,20,22,25H,8-17,19H2,1-7H3,(H,34,37)/t20?,22?,25-,29-,30+,31+,32-/m0/s1. The molecule has 5 aliphatic carbocycles. The molecule has 5 nitrogen and oxygen atoms in total. The SMILES string of the molecule is CC1(C)CC[C@]2(NC(=O)OCCCl)CC[C@]3(C)[C@H](C(=O)C=C4[C@@]5(C)CCC(=O)C(C)(C)C5CC[C@]43C)C2C1. The fourth-order valence-electron chi connectivity index (χ4n) is 10.4. The van der Waals surface area contributed by atoms with Gasteiger partial charge in [0.25, 0.3) is 0 Å². The Kier molecular flexibility index (Phi) is 6.54. The van der Waals surface area contributed by atoms with E-state index in [4.69, 9.17) is 16.3 Å². The van der Waals surface area contributed by atoms with E-state index in [9.17, 15) is 14.4 Å². The Morgan fingerprint density at radius 1 is 1.00 bits per heavy atom. The summed E-state index contributed by atoms with van der Waals surface area (Å²) in [7, 11) is 0. The van der Waals surface area contributed by atoms with Crippen molar-refractivity contribution in [1.29, 1.82) is 0 Å². The van der Waals surface area contributed by atoms with Crippen molar-refractivity contribution in [1.82, 2.24) is 5.32 Å². The zero-order valence-electron chi connectivity index (χ0n) is 24.6. The number of amides is 1. The summed E-state index contributed by atoms with van der Waals surface area (Å²) < 4.78 is 5.38. The van der Waals surface area contributed by atoms with E-state index in [1.165, 1.54) is 5.57 Å². The number of Topliss-reactive ketones (excluding diaryl/α,β-unsaturated/α-hetero) is 1. The maximum Gasteiger partial charge on any atom is 0.407 e. The lowest BCUT2D eigenvalue weighted by molar-refractivity contribution is -0.166. The van der Waals surface area contributed by atoms with Gasteiger partial charge in [0.15, 0.2) is 5.78 Å². The molecule has 1 amide bonds. The lowest BCUT2D eigenvalue weighted by atomic mass is 9.34. The number of alkyl halides is 1. The number of allylic oxidation sites excluding steroid dienone is 2. The molecule has 0 radical (unpaired) electrons. The average Bonchev–Trinajstić information content (AvgIpc) is 2.82. The van der Waals surface area contributed by atoms with Crippen molar-refractivity contribution in [3.05, 3.63) is 11.6 Å². The summed E-state index contributed by atoms with van der Waals surface area (Å²) in [5.74, 6) is 1.05. The first-order valence-corrected chi connectivity index (χ1v) is 15.4. The molecule has 0 aromatic carbocycles. The van der Waals surface area contributed by atoms with Crippen molar-refractivity contribution in [2.75, 3.05) is 12.5 Å². The number of halogens is 1. The van der Waals surface area contributed by atoms with Gasteiger partial charge in [-0.1, -0.05) is 54.0 Å². The lowest BCUT2D eigenvalue weighted by Crippen LogP contribution is -2.69. The van der Waals surface area contributed by atoms with Gasteiger partial charge in [0, 0.05) is 23.3 Å². The zero-order chi connectivity index (χ0) is 27.9. The van der Waals surface area contributed by atoms with Crippen molar-refractivity contribution in [2.45, 2.75) is 112 Å². The molecule has 0 aromatic heterocycles. The van der Waals surface area contributed by atoms with Crippen LogP contribution in [-0.4, -0.2) is 35.7 Å². The maximum atomic E-state index is 14.4. The first-order chi connectivity index (χ1) is 17.6. The largest absolute Gasteiger partial charge is 0.448 e. The quantitative estimate of drug-likeness (QED) is 0.379. The molecule has 5 aliphatic rings. The van der Waals surface area contributed by atoms with Crippen LogP contribution in [0.2, 0.25) is 0 Å². The summed E-state index contributed by atoms with van der Waals surface area (Å²) in [5, 5.41) is 3.30. The van der Waals surface area contributed by atoms with Crippen LogP contribution < -0.4 is 5.32 Å². The van der Waals surface area contributed by atoms with Gasteiger partial charge >= 0.3 is 6.09 Å². The highest BCUT2D eigenvalue weighted by molar-refractivity contribution is 6.18. The van der Waals surface area contributed by atoms with Crippen molar-refractivity contribution >= 4 is 29.3 Å². The fraction of sp³-hybridized carbons (Fsp3) is 0.844. The first-order valence-electron chi connectivity index (χ1n) is 14.9. The van der Waals surface area contributed by atoms with E-state index < -0.39 is 11.6 Å². The van der Waals surface area contributed by atoms with Crippen LogP contribution in [0.5, 0.6) is 0 Å². The number of ketones is 2. The topological polar surface area (TPSA) is 72.5 Å². The smallest absolute Gasteiger partial charge is 0.407 e. The summed E-state index contributed by atoms with van der Waals surface area (Å²) in [6.07, 6.45) is 9.62. The maximum absolute atomic E-state index is 14.4. The first kappa shape index (κ1) is 28.2. The van der Waals surface area contributed by atoms with Crippen LogP contribution >= 0.6 is 11.6 Å². The molecule has 4 fully saturated rings. The van der Waals surface area contributed by atoms with Gasteiger partial charge in [-0.05, 0) is 90.9 Å². The van der Waals surface area contributed by atoms with Crippen LogP contribution in [0.1, 0.15) is 106 Å². The molecule has 6 heteroatoms. The average molecular weight is 546 g/mol. The van der Waals surface area contributed by atoms with E-state index >= 15 is 0 Å². The molecule has 0 saturated heterocycles. The number of carbonyl (C=O) groups excluding carboxylic acids is 3. The minimum absolute atomic E-state index is 0.0607. The summed E-state index contributed by atoms with van der Waals surface area (Å²) in [6.45, 7) is 16.2. The van der Waals surface area contributed by atoms with Crippen LogP contribution in [0.25, 0.3) is 0 Å². The normalized spacial score (nSPS) is 45.1. The third-order valence-electron chi connectivity index (χ3n) is 12.8. The predicted octanol–water partition coefficient (Wildman–Crippen LogP) is 7.25. The van der Waals surface area contributed by atoms with Gasteiger partial charge in [0.2, 0.25) is 0 Å². The second kappa shape index (κ2) is 8.82. The van der Waals surface area contributed by atoms with Crippen molar-refractivity contribution in [3.8, 4) is 0 Å². The molecule has 0 bridgehead atoms. The molecule has 0 aromatic rings. The van der Waals surface area contributed by atoms with Crippen LogP contribution in [0.4, 0.5) is 4.79 Å². The number of hydrogen-bond donors (Lipinski definition) is 1. The molecule has 1 N–H and O–H groups in total. The Morgan fingerprint density at radius 3 is 2.37 bits per heavy atom. The van der Waals surface area contributed by atoms with E-state index in [1.807, 2.05) is 6.08 Å². The third-order valence-corrected chi connectivity index (χ3v) is 13.0. The van der Waals surface area contributed by atoms with Crippen LogP contribution in [0, 0.1) is 44.8 Å². The molecule has 4 saturated carbocycles. The van der Waals surface area contributed by atoms with E-state index in [0.29, 0.717) is 12.2 Å². The number of rotatable bonds is 3. The van der Waals surface area contributed by atoms with Crippen molar-refractivity contribution in [3.63, 3.8) is 0 Å². The Balaban J connectivity index is 1.58. The number of hydrogen-bond acceptors (Lipinski definition) is 4. The van der Waals surface area contributed by atoms with Gasteiger partial charge in [-0.2, -0.15) is 0 Å². The van der Waals surface area contributed by atoms with Gasteiger partial charge < -0.3 is 10.1 Å². The Morgan fingerprint density at radius 2 is 1.68 bits per heavy atom. The number of alkyl carbamates (subject to hydrolysis) is 1. The van der Waals surface area contributed by atoms with Crippen LogP contribution in [0.3, 0.4) is 0 Å². The summed E-state index contributed by atoms with van der Waals surface area (Å²) in [6, 6.07) is 0. The molecule has 212 valence electrons.